The van der Waals surface area contributed by atoms with Gasteiger partial charge >= 0.3 is 6.18 Å². The number of rotatable bonds is 6. The summed E-state index contributed by atoms with van der Waals surface area (Å²) in [6.45, 7) is 3.51. The number of nitrogens with one attached hydrogen (secondary N) is 1. The van der Waals surface area contributed by atoms with Crippen LogP contribution in [0.5, 0.6) is 0 Å². The summed E-state index contributed by atoms with van der Waals surface area (Å²) in [4.78, 5) is 28.0. The summed E-state index contributed by atoms with van der Waals surface area (Å²) in [5, 5.41) is 3.40. The van der Waals surface area contributed by atoms with Crippen molar-refractivity contribution in [2.75, 3.05) is 19.7 Å². The van der Waals surface area contributed by atoms with Gasteiger partial charge in [-0.2, -0.15) is 13.2 Å². The molecule has 2 amide bonds. The molecule has 0 bridgehead atoms. The number of hydrogen-bond donors (Lipinski definition) is 1. The maximum Gasteiger partial charge on any atom is 0.411 e. The number of hydrogen-bond acceptors (Lipinski definition) is 3. The lowest BCUT2D eigenvalue weighted by Gasteiger charge is -2.31. The smallest absolute Gasteiger partial charge is 0.356 e. The molecule has 184 valence electrons. The Hall–Kier alpha value is -2.58. The molecule has 0 aromatic heterocycles. The van der Waals surface area contributed by atoms with Crippen LogP contribution in [0.1, 0.15) is 49.4 Å². The monoisotopic (exact) mass is 496 g/mol. The highest BCUT2D eigenvalue weighted by molar-refractivity contribution is 6.30. The molecule has 1 N–H and O–H groups in total. The van der Waals surface area contributed by atoms with E-state index in [1.807, 2.05) is 31.2 Å². The first-order valence-corrected chi connectivity index (χ1v) is 11.4. The second-order valence-electron chi connectivity index (χ2n) is 8.95. The van der Waals surface area contributed by atoms with Gasteiger partial charge in [0.25, 0.3) is 5.91 Å². The Morgan fingerprint density at radius 3 is 2.44 bits per heavy atom. The minimum Gasteiger partial charge on any atom is -0.356 e. The molecule has 1 aliphatic heterocycles. The average Bonchev–Trinajstić information content (AvgIpc) is 2.97. The Morgan fingerprint density at radius 1 is 1.15 bits per heavy atom. The molecule has 34 heavy (non-hydrogen) atoms. The van der Waals surface area contributed by atoms with Crippen molar-refractivity contribution in [3.05, 3.63) is 70.2 Å². The van der Waals surface area contributed by atoms with Crippen LogP contribution in [0.25, 0.3) is 0 Å². The molecule has 2 aromatic rings. The van der Waals surface area contributed by atoms with Crippen molar-refractivity contribution >= 4 is 23.4 Å². The lowest BCUT2D eigenvalue weighted by molar-refractivity contribution is -0.201. The quantitative estimate of drug-likeness (QED) is 0.609. The molecule has 2 unspecified atom stereocenters. The molecule has 1 aliphatic rings. The number of nitrogens with zero attached hydrogens (tertiary/aromatic N) is 1. The molecule has 2 aromatic carbocycles. The van der Waals surface area contributed by atoms with E-state index in [1.54, 1.807) is 29.2 Å². The zero-order valence-corrected chi connectivity index (χ0v) is 20.0. The number of halogens is 4. The summed E-state index contributed by atoms with van der Waals surface area (Å²) >= 11 is 5.96. The van der Waals surface area contributed by atoms with Gasteiger partial charge in [0.15, 0.2) is 0 Å². The van der Waals surface area contributed by atoms with E-state index in [4.69, 9.17) is 16.3 Å². The fourth-order valence-electron chi connectivity index (χ4n) is 3.92. The molecule has 3 rings (SSSR count). The van der Waals surface area contributed by atoms with Gasteiger partial charge in [-0.25, -0.2) is 0 Å². The largest absolute Gasteiger partial charge is 0.411 e. The zero-order valence-electron chi connectivity index (χ0n) is 19.3. The molecule has 0 radical (unpaired) electrons. The van der Waals surface area contributed by atoms with Gasteiger partial charge < -0.3 is 15.0 Å². The zero-order chi connectivity index (χ0) is 25.1. The maximum absolute atomic E-state index is 13.4. The predicted molar refractivity (Wildman–Crippen MR) is 124 cm³/mol. The van der Waals surface area contributed by atoms with E-state index in [-0.39, 0.29) is 12.5 Å². The Bertz CT molecular complexity index is 1020. The normalized spacial score (nSPS) is 17.5. The summed E-state index contributed by atoms with van der Waals surface area (Å²) in [6, 6.07) is 14.0. The number of fused-ring (bicyclic) bond motifs is 1. The van der Waals surface area contributed by atoms with Crippen molar-refractivity contribution in [3.63, 3.8) is 0 Å². The van der Waals surface area contributed by atoms with Crippen LogP contribution in [-0.4, -0.2) is 48.2 Å². The topological polar surface area (TPSA) is 58.6 Å². The summed E-state index contributed by atoms with van der Waals surface area (Å²) in [5.41, 5.74) is 0.911. The second kappa shape index (κ2) is 10.4. The van der Waals surface area contributed by atoms with E-state index >= 15 is 0 Å². The maximum atomic E-state index is 13.4. The van der Waals surface area contributed by atoms with Gasteiger partial charge in [0, 0.05) is 18.1 Å². The molecule has 5 nitrogen and oxygen atoms in total. The predicted octanol–water partition coefficient (Wildman–Crippen LogP) is 5.04. The third kappa shape index (κ3) is 6.51. The first-order chi connectivity index (χ1) is 15.9. The number of ether oxygens (including phenoxy) is 1. The van der Waals surface area contributed by atoms with E-state index in [2.05, 4.69) is 5.32 Å². The minimum absolute atomic E-state index is 0.109. The van der Waals surface area contributed by atoms with Crippen LogP contribution in [0.2, 0.25) is 5.02 Å². The average molecular weight is 497 g/mol. The fourth-order valence-corrected chi connectivity index (χ4v) is 4.04. The van der Waals surface area contributed by atoms with E-state index in [9.17, 15) is 22.8 Å². The second-order valence-corrected chi connectivity index (χ2v) is 9.38. The van der Waals surface area contributed by atoms with Crippen LogP contribution in [0.3, 0.4) is 0 Å². The van der Waals surface area contributed by atoms with E-state index < -0.39 is 36.3 Å². The van der Waals surface area contributed by atoms with Crippen LogP contribution < -0.4 is 5.32 Å². The van der Waals surface area contributed by atoms with Crippen LogP contribution >= 0.6 is 11.6 Å². The highest BCUT2D eigenvalue weighted by Crippen LogP contribution is 2.28. The number of amides is 2. The van der Waals surface area contributed by atoms with Crippen LogP contribution in [0, 0.1) is 0 Å². The Labute approximate surface area is 202 Å². The third-order valence-electron chi connectivity index (χ3n) is 5.99. The molecule has 0 saturated heterocycles. The van der Waals surface area contributed by atoms with Crippen LogP contribution in [0.15, 0.2) is 48.5 Å². The van der Waals surface area contributed by atoms with Crippen molar-refractivity contribution in [3.8, 4) is 0 Å². The molecule has 9 heteroatoms. The third-order valence-corrected chi connectivity index (χ3v) is 6.24. The molecule has 0 aliphatic carbocycles. The Balaban J connectivity index is 1.81. The highest BCUT2D eigenvalue weighted by Gasteiger charge is 2.38. The van der Waals surface area contributed by atoms with Crippen molar-refractivity contribution < 1.29 is 27.5 Å². The van der Waals surface area contributed by atoms with Gasteiger partial charge in [0.2, 0.25) is 5.91 Å². The molecule has 2 atom stereocenters. The minimum atomic E-state index is -4.55. The van der Waals surface area contributed by atoms with E-state index in [0.717, 1.165) is 16.7 Å². The first-order valence-electron chi connectivity index (χ1n) is 11.0. The summed E-state index contributed by atoms with van der Waals surface area (Å²) in [7, 11) is 0. The molecule has 0 fully saturated rings. The number of carbonyl (C=O) groups is 2. The van der Waals surface area contributed by atoms with Crippen LogP contribution in [-0.2, 0) is 20.7 Å². The van der Waals surface area contributed by atoms with E-state index in [1.165, 1.54) is 13.8 Å². The molecule has 1 heterocycles. The fraction of sp³-hybridized carbons (Fsp3) is 0.440. The summed E-state index contributed by atoms with van der Waals surface area (Å²) < 4.78 is 42.8. The lowest BCUT2D eigenvalue weighted by Crippen LogP contribution is -2.49. The van der Waals surface area contributed by atoms with Crippen molar-refractivity contribution in [2.45, 2.75) is 50.9 Å². The molecule has 0 spiro atoms. The van der Waals surface area contributed by atoms with Crippen molar-refractivity contribution in [1.82, 2.24) is 10.2 Å². The van der Waals surface area contributed by atoms with E-state index in [0.29, 0.717) is 18.0 Å². The summed E-state index contributed by atoms with van der Waals surface area (Å²) in [6.07, 6.45) is -3.96. The number of alkyl halides is 3. The standard InChI is InChI=1S/C25H28ClF3N2O3/c1-16(17-8-10-19(26)11-9-17)22(32)31-13-12-18-6-4-5-7-20(18)21(14-31)30-23(33)24(2,3)34-15-25(27,28)29/h4-11,16,21H,12-15H2,1-3H3,(H,30,33). The first kappa shape index (κ1) is 26.0. The number of carbonyl (C=O) groups excluding carboxylic acids is 2. The van der Waals surface area contributed by atoms with Crippen molar-refractivity contribution in [1.29, 1.82) is 0 Å². The van der Waals surface area contributed by atoms with Gasteiger partial charge in [0.05, 0.1) is 12.0 Å². The van der Waals surface area contributed by atoms with Crippen LogP contribution in [0.4, 0.5) is 13.2 Å². The molecule has 0 saturated carbocycles. The molecular formula is C25H28ClF3N2O3. The molecular weight excluding hydrogens is 469 g/mol. The Morgan fingerprint density at radius 2 is 1.79 bits per heavy atom. The van der Waals surface area contributed by atoms with Gasteiger partial charge in [0.1, 0.15) is 12.2 Å². The van der Waals surface area contributed by atoms with Gasteiger partial charge in [-0.3, -0.25) is 9.59 Å². The van der Waals surface area contributed by atoms with Gasteiger partial charge in [-0.15, -0.1) is 0 Å². The highest BCUT2D eigenvalue weighted by atomic mass is 35.5. The van der Waals surface area contributed by atoms with Gasteiger partial charge in [-0.05, 0) is 56.0 Å². The lowest BCUT2D eigenvalue weighted by atomic mass is 9.98. The Kier molecular flexibility index (Phi) is 7.93. The summed E-state index contributed by atoms with van der Waals surface area (Å²) in [5.74, 6) is -1.22. The number of benzene rings is 2. The van der Waals surface area contributed by atoms with Crippen molar-refractivity contribution in [2.24, 2.45) is 0 Å². The SMILES string of the molecule is CC(C(=O)N1CCc2ccccc2C(NC(=O)C(C)(C)OCC(F)(F)F)C1)c1ccc(Cl)cc1. The van der Waals surface area contributed by atoms with Gasteiger partial charge in [-0.1, -0.05) is 48.0 Å².